The van der Waals surface area contributed by atoms with Gasteiger partial charge in [0.25, 0.3) is 0 Å². The number of anilines is 2. The number of hydrogen-bond donors (Lipinski definition) is 4. The zero-order valence-electron chi connectivity index (χ0n) is 10.6. The van der Waals surface area contributed by atoms with Gasteiger partial charge in [0.2, 0.25) is 0 Å². The number of phenols is 2. The maximum Gasteiger partial charge on any atom is 0.120 e. The summed E-state index contributed by atoms with van der Waals surface area (Å²) >= 11 is 0. The molecule has 0 aliphatic rings. The second-order valence-electron chi connectivity index (χ2n) is 4.24. The number of nitrogens with one attached hydrogen (secondary N) is 1. The molecule has 2 rings (SSSR count). The van der Waals surface area contributed by atoms with Crippen molar-refractivity contribution in [1.29, 1.82) is 0 Å². The summed E-state index contributed by atoms with van der Waals surface area (Å²) in [5, 5.41) is 22.2. The van der Waals surface area contributed by atoms with Crippen LogP contribution in [0, 0.1) is 6.92 Å². The maximum atomic E-state index is 9.64. The topological polar surface area (TPSA) is 78.5 Å². The van der Waals surface area contributed by atoms with E-state index in [-0.39, 0.29) is 23.9 Å². The van der Waals surface area contributed by atoms with Gasteiger partial charge in [-0.1, -0.05) is 0 Å². The minimum atomic E-state index is 0. The van der Waals surface area contributed by atoms with E-state index in [0.717, 1.165) is 16.9 Å². The van der Waals surface area contributed by atoms with Crippen LogP contribution in [0.3, 0.4) is 0 Å². The van der Waals surface area contributed by atoms with Crippen LogP contribution in [0.1, 0.15) is 11.1 Å². The molecular formula is C14H17ClN2O2. The lowest BCUT2D eigenvalue weighted by Crippen LogP contribution is -2.00. The molecular weight excluding hydrogens is 264 g/mol. The van der Waals surface area contributed by atoms with Gasteiger partial charge in [-0.25, -0.2) is 0 Å². The monoisotopic (exact) mass is 280 g/mol. The largest absolute Gasteiger partial charge is 0.508 e. The van der Waals surface area contributed by atoms with Crippen LogP contribution in [-0.2, 0) is 6.54 Å². The van der Waals surface area contributed by atoms with Crippen molar-refractivity contribution in [3.8, 4) is 11.5 Å². The third kappa shape index (κ3) is 3.69. The molecule has 0 fully saturated rings. The molecule has 0 atom stereocenters. The Morgan fingerprint density at radius 1 is 1.11 bits per heavy atom. The van der Waals surface area contributed by atoms with Crippen LogP contribution in [0.2, 0.25) is 0 Å². The van der Waals surface area contributed by atoms with E-state index >= 15 is 0 Å². The molecule has 2 aromatic carbocycles. The Hall–Kier alpha value is -2.07. The third-order valence-corrected chi connectivity index (χ3v) is 2.82. The zero-order chi connectivity index (χ0) is 13.1. The summed E-state index contributed by atoms with van der Waals surface area (Å²) in [6, 6.07) is 10.1. The first-order valence-electron chi connectivity index (χ1n) is 5.67. The first-order chi connectivity index (χ1) is 8.56. The minimum Gasteiger partial charge on any atom is -0.508 e. The summed E-state index contributed by atoms with van der Waals surface area (Å²) in [6.07, 6.45) is 0. The van der Waals surface area contributed by atoms with Gasteiger partial charge < -0.3 is 21.3 Å². The SMILES string of the molecule is Cc1cc(NCc2cc(O)ccc2O)ccc1N.Cl. The number of hydrogen-bond acceptors (Lipinski definition) is 4. The van der Waals surface area contributed by atoms with Crippen LogP contribution in [0.25, 0.3) is 0 Å². The van der Waals surface area contributed by atoms with Crippen molar-refractivity contribution in [2.24, 2.45) is 0 Å². The molecule has 0 unspecified atom stereocenters. The predicted octanol–water partition coefficient (Wildman–Crippen LogP) is 3.02. The maximum absolute atomic E-state index is 9.64. The van der Waals surface area contributed by atoms with Crippen molar-refractivity contribution in [2.45, 2.75) is 13.5 Å². The number of aromatic hydroxyl groups is 2. The van der Waals surface area contributed by atoms with E-state index in [9.17, 15) is 10.2 Å². The van der Waals surface area contributed by atoms with Gasteiger partial charge in [-0.3, -0.25) is 0 Å². The van der Waals surface area contributed by atoms with Gasteiger partial charge in [0.1, 0.15) is 11.5 Å². The van der Waals surface area contributed by atoms with Crippen LogP contribution in [0.4, 0.5) is 11.4 Å². The molecule has 0 aromatic heterocycles. The van der Waals surface area contributed by atoms with E-state index in [2.05, 4.69) is 5.32 Å². The fourth-order valence-corrected chi connectivity index (χ4v) is 1.70. The second-order valence-corrected chi connectivity index (χ2v) is 4.24. The first-order valence-corrected chi connectivity index (χ1v) is 5.67. The minimum absolute atomic E-state index is 0. The highest BCUT2D eigenvalue weighted by Crippen LogP contribution is 2.23. The normalized spacial score (nSPS) is 9.74. The Labute approximate surface area is 118 Å². The second kappa shape index (κ2) is 6.20. The average molecular weight is 281 g/mol. The molecule has 0 saturated carbocycles. The van der Waals surface area contributed by atoms with Crippen LogP contribution >= 0.6 is 12.4 Å². The van der Waals surface area contributed by atoms with Gasteiger partial charge in [0.15, 0.2) is 0 Å². The number of aryl methyl sites for hydroxylation is 1. The molecule has 0 amide bonds. The molecule has 0 aliphatic carbocycles. The fraction of sp³-hybridized carbons (Fsp3) is 0.143. The summed E-state index contributed by atoms with van der Waals surface area (Å²) in [5.41, 5.74) is 9.05. The van der Waals surface area contributed by atoms with E-state index < -0.39 is 0 Å². The van der Waals surface area contributed by atoms with Crippen molar-refractivity contribution >= 4 is 23.8 Å². The molecule has 102 valence electrons. The average Bonchev–Trinajstić information content (AvgIpc) is 2.34. The summed E-state index contributed by atoms with van der Waals surface area (Å²) < 4.78 is 0. The van der Waals surface area contributed by atoms with E-state index in [4.69, 9.17) is 5.73 Å². The highest BCUT2D eigenvalue weighted by Gasteiger charge is 2.03. The summed E-state index contributed by atoms with van der Waals surface area (Å²) in [6.45, 7) is 2.37. The van der Waals surface area contributed by atoms with Crippen LogP contribution in [0.15, 0.2) is 36.4 Å². The van der Waals surface area contributed by atoms with Crippen LogP contribution in [0.5, 0.6) is 11.5 Å². The Kier molecular flexibility index (Phi) is 4.89. The summed E-state index contributed by atoms with van der Waals surface area (Å²) in [7, 11) is 0. The highest BCUT2D eigenvalue weighted by molar-refractivity contribution is 5.85. The first kappa shape index (κ1) is 15.0. The molecule has 5 N–H and O–H groups in total. The van der Waals surface area contributed by atoms with Gasteiger partial charge >= 0.3 is 0 Å². The lowest BCUT2D eigenvalue weighted by Gasteiger charge is -2.10. The van der Waals surface area contributed by atoms with E-state index in [1.807, 2.05) is 25.1 Å². The highest BCUT2D eigenvalue weighted by atomic mass is 35.5. The van der Waals surface area contributed by atoms with Crippen molar-refractivity contribution in [2.75, 3.05) is 11.1 Å². The van der Waals surface area contributed by atoms with E-state index in [0.29, 0.717) is 12.1 Å². The van der Waals surface area contributed by atoms with Gasteiger partial charge in [-0.05, 0) is 48.9 Å². The Bertz CT molecular complexity index is 573. The summed E-state index contributed by atoms with van der Waals surface area (Å²) in [5.74, 6) is 0.297. The molecule has 0 bridgehead atoms. The standard InChI is InChI=1S/C14H16N2O2.ClH/c1-9-6-11(2-4-13(9)15)16-8-10-7-12(17)3-5-14(10)18;/h2-7,16-18H,8,15H2,1H3;1H. The number of rotatable bonds is 3. The fourth-order valence-electron chi connectivity index (χ4n) is 1.70. The quantitative estimate of drug-likeness (QED) is 0.515. The Morgan fingerprint density at radius 2 is 1.84 bits per heavy atom. The van der Waals surface area contributed by atoms with E-state index in [1.165, 1.54) is 18.2 Å². The predicted molar refractivity (Wildman–Crippen MR) is 79.9 cm³/mol. The number of halogens is 1. The number of nitrogen functional groups attached to an aromatic ring is 1. The van der Waals surface area contributed by atoms with Crippen molar-refractivity contribution in [3.63, 3.8) is 0 Å². The Morgan fingerprint density at radius 3 is 2.53 bits per heavy atom. The molecule has 5 heteroatoms. The van der Waals surface area contributed by atoms with Crippen LogP contribution in [-0.4, -0.2) is 10.2 Å². The van der Waals surface area contributed by atoms with Crippen molar-refractivity contribution in [1.82, 2.24) is 0 Å². The molecule has 0 radical (unpaired) electrons. The van der Waals surface area contributed by atoms with Crippen molar-refractivity contribution < 1.29 is 10.2 Å². The lowest BCUT2D eigenvalue weighted by molar-refractivity contribution is 0.455. The zero-order valence-corrected chi connectivity index (χ0v) is 11.4. The van der Waals surface area contributed by atoms with Gasteiger partial charge in [-0.15, -0.1) is 12.4 Å². The van der Waals surface area contributed by atoms with Gasteiger partial charge in [0, 0.05) is 23.5 Å². The Balaban J connectivity index is 0.00000180. The summed E-state index contributed by atoms with van der Waals surface area (Å²) in [4.78, 5) is 0. The molecule has 19 heavy (non-hydrogen) atoms. The van der Waals surface area contributed by atoms with Gasteiger partial charge in [0.05, 0.1) is 0 Å². The molecule has 0 saturated heterocycles. The third-order valence-electron chi connectivity index (χ3n) is 2.82. The number of nitrogens with two attached hydrogens (primary N) is 1. The van der Waals surface area contributed by atoms with E-state index in [1.54, 1.807) is 0 Å². The number of benzene rings is 2. The molecule has 0 spiro atoms. The molecule has 0 aliphatic heterocycles. The van der Waals surface area contributed by atoms with Gasteiger partial charge in [-0.2, -0.15) is 0 Å². The number of phenolic OH excluding ortho intramolecular Hbond substituents is 2. The van der Waals surface area contributed by atoms with Crippen LogP contribution < -0.4 is 11.1 Å². The smallest absolute Gasteiger partial charge is 0.120 e. The van der Waals surface area contributed by atoms with Crippen molar-refractivity contribution in [3.05, 3.63) is 47.5 Å². The molecule has 4 nitrogen and oxygen atoms in total. The lowest BCUT2D eigenvalue weighted by atomic mass is 10.1. The molecule has 0 heterocycles. The molecule has 2 aromatic rings.